The molecule has 5 heteroatoms. The van der Waals surface area contributed by atoms with Crippen LogP contribution in [0.1, 0.15) is 17.4 Å². The Kier molecular flexibility index (Phi) is 2.32. The maximum atomic E-state index is 10.6. The van der Waals surface area contributed by atoms with Gasteiger partial charge in [0.25, 0.3) is 0 Å². The Morgan fingerprint density at radius 2 is 2.50 bits per heavy atom. The third-order valence-corrected chi connectivity index (χ3v) is 1.61. The number of aromatic nitrogens is 2. The van der Waals surface area contributed by atoms with E-state index in [2.05, 4.69) is 10.3 Å². The van der Waals surface area contributed by atoms with Gasteiger partial charge in [0.05, 0.1) is 6.20 Å². The summed E-state index contributed by atoms with van der Waals surface area (Å²) in [5, 5.41) is 11.5. The molecule has 0 saturated heterocycles. The molecule has 0 spiro atoms. The van der Waals surface area contributed by atoms with Gasteiger partial charge in [-0.1, -0.05) is 0 Å². The number of hydrogen-bond donors (Lipinski definition) is 2. The molecule has 12 heavy (non-hydrogen) atoms. The Balaban J connectivity index is 3.13. The molecule has 1 heterocycles. The zero-order valence-corrected chi connectivity index (χ0v) is 7.03. The first-order chi connectivity index (χ1) is 5.70. The average Bonchev–Trinajstić information content (AvgIpc) is 2.46. The molecule has 0 radical (unpaired) electrons. The molecule has 0 aliphatic heterocycles. The molecule has 5 nitrogen and oxygen atoms in total. The highest BCUT2D eigenvalue weighted by atomic mass is 16.4. The first kappa shape index (κ1) is 8.58. The highest BCUT2D eigenvalue weighted by Gasteiger charge is 2.12. The van der Waals surface area contributed by atoms with Crippen LogP contribution < -0.4 is 5.32 Å². The second-order valence-corrected chi connectivity index (χ2v) is 2.27. The summed E-state index contributed by atoms with van der Waals surface area (Å²) >= 11 is 0. The molecule has 0 amide bonds. The molecule has 2 N–H and O–H groups in total. The predicted octanol–water partition coefficient (Wildman–Crippen LogP) is 0.643. The number of hydrogen-bond acceptors (Lipinski definition) is 3. The summed E-state index contributed by atoms with van der Waals surface area (Å²) in [5.74, 6) is -0.374. The number of nitrogens with zero attached hydrogens (tertiary/aromatic N) is 2. The average molecular weight is 169 g/mol. The lowest BCUT2D eigenvalue weighted by Gasteiger charge is -2.04. The van der Waals surface area contributed by atoms with Crippen LogP contribution in [0.15, 0.2) is 6.20 Å². The number of nitrogens with one attached hydrogen (secondary N) is 1. The van der Waals surface area contributed by atoms with Crippen LogP contribution in [0.3, 0.4) is 0 Å². The van der Waals surface area contributed by atoms with Crippen LogP contribution in [0.25, 0.3) is 0 Å². The van der Waals surface area contributed by atoms with Gasteiger partial charge in [-0.2, -0.15) is 0 Å². The molecule has 0 fully saturated rings. The molecule has 0 bridgehead atoms. The van der Waals surface area contributed by atoms with Gasteiger partial charge < -0.3 is 15.0 Å². The van der Waals surface area contributed by atoms with Crippen molar-refractivity contribution < 1.29 is 9.90 Å². The zero-order chi connectivity index (χ0) is 9.14. The van der Waals surface area contributed by atoms with Gasteiger partial charge in [-0.05, 0) is 6.92 Å². The van der Waals surface area contributed by atoms with Crippen LogP contribution in [-0.2, 0) is 6.54 Å². The first-order valence-electron chi connectivity index (χ1n) is 3.67. The van der Waals surface area contributed by atoms with E-state index in [0.717, 1.165) is 0 Å². The summed E-state index contributed by atoms with van der Waals surface area (Å²) in [6, 6.07) is 0. The van der Waals surface area contributed by atoms with Gasteiger partial charge in [0.1, 0.15) is 5.69 Å². The molecule has 66 valence electrons. The summed E-state index contributed by atoms with van der Waals surface area (Å²) in [7, 11) is 1.71. The van der Waals surface area contributed by atoms with Gasteiger partial charge in [0, 0.05) is 13.6 Å². The molecule has 0 aliphatic carbocycles. The number of anilines is 1. The largest absolute Gasteiger partial charge is 0.477 e. The van der Waals surface area contributed by atoms with Crippen LogP contribution in [0, 0.1) is 0 Å². The Labute approximate surface area is 70.0 Å². The van der Waals surface area contributed by atoms with E-state index in [-0.39, 0.29) is 5.69 Å². The second-order valence-electron chi connectivity index (χ2n) is 2.27. The lowest BCUT2D eigenvalue weighted by Crippen LogP contribution is -2.09. The third-order valence-electron chi connectivity index (χ3n) is 1.61. The molecule has 0 unspecified atom stereocenters. The molecule has 0 atom stereocenters. The maximum Gasteiger partial charge on any atom is 0.354 e. The van der Waals surface area contributed by atoms with Crippen molar-refractivity contribution in [2.45, 2.75) is 13.5 Å². The van der Waals surface area contributed by atoms with Crippen LogP contribution in [0.5, 0.6) is 0 Å². The number of carbonyl (C=O) groups is 1. The fourth-order valence-corrected chi connectivity index (χ4v) is 1.07. The normalized spacial score (nSPS) is 9.83. The molecule has 1 aromatic heterocycles. The molecule has 0 saturated carbocycles. The van der Waals surface area contributed by atoms with E-state index in [1.165, 1.54) is 6.20 Å². The van der Waals surface area contributed by atoms with Crippen LogP contribution in [0.2, 0.25) is 0 Å². The number of carboxylic acids is 1. The Morgan fingerprint density at radius 1 is 1.83 bits per heavy atom. The Morgan fingerprint density at radius 3 is 2.92 bits per heavy atom. The number of carboxylic acid groups (broad SMARTS) is 1. The van der Waals surface area contributed by atoms with Gasteiger partial charge >= 0.3 is 5.97 Å². The van der Waals surface area contributed by atoms with Crippen molar-refractivity contribution in [1.82, 2.24) is 9.55 Å². The van der Waals surface area contributed by atoms with E-state index < -0.39 is 5.97 Å². The molecule has 0 aliphatic rings. The Hall–Kier alpha value is -1.52. The van der Waals surface area contributed by atoms with E-state index in [0.29, 0.717) is 12.5 Å². The third kappa shape index (κ3) is 1.25. The zero-order valence-electron chi connectivity index (χ0n) is 7.03. The lowest BCUT2D eigenvalue weighted by molar-refractivity contribution is 0.0685. The summed E-state index contributed by atoms with van der Waals surface area (Å²) in [5.41, 5.74) is 0.210. The molecule has 0 aromatic carbocycles. The fourth-order valence-electron chi connectivity index (χ4n) is 1.07. The van der Waals surface area contributed by atoms with Crippen molar-refractivity contribution in [2.75, 3.05) is 12.4 Å². The number of imidazole rings is 1. The quantitative estimate of drug-likeness (QED) is 0.696. The molecular formula is C7H11N3O2. The maximum absolute atomic E-state index is 10.6. The molecule has 1 aromatic rings. The first-order valence-corrected chi connectivity index (χ1v) is 3.67. The summed E-state index contributed by atoms with van der Waals surface area (Å²) in [6.45, 7) is 2.47. The van der Waals surface area contributed by atoms with E-state index in [9.17, 15) is 4.79 Å². The van der Waals surface area contributed by atoms with E-state index in [1.54, 1.807) is 11.6 Å². The van der Waals surface area contributed by atoms with Gasteiger partial charge in [-0.25, -0.2) is 9.78 Å². The Bertz CT molecular complexity index is 293. The minimum atomic E-state index is -0.953. The van der Waals surface area contributed by atoms with Gasteiger partial charge in [0.2, 0.25) is 5.95 Å². The standard InChI is InChI=1S/C7H11N3O2/c1-3-10-5(6(11)12)4-9-7(10)8-2/h4H,3H2,1-2H3,(H,8,9)(H,11,12). The van der Waals surface area contributed by atoms with Crippen molar-refractivity contribution in [2.24, 2.45) is 0 Å². The van der Waals surface area contributed by atoms with Crippen molar-refractivity contribution in [1.29, 1.82) is 0 Å². The van der Waals surface area contributed by atoms with Crippen LogP contribution in [-0.4, -0.2) is 27.7 Å². The molecular weight excluding hydrogens is 158 g/mol. The van der Waals surface area contributed by atoms with E-state index in [4.69, 9.17) is 5.11 Å². The van der Waals surface area contributed by atoms with Crippen LogP contribution in [0.4, 0.5) is 5.95 Å². The fraction of sp³-hybridized carbons (Fsp3) is 0.429. The summed E-state index contributed by atoms with van der Waals surface area (Å²) < 4.78 is 1.60. The van der Waals surface area contributed by atoms with Crippen LogP contribution >= 0.6 is 0 Å². The second kappa shape index (κ2) is 3.25. The molecule has 1 rings (SSSR count). The van der Waals surface area contributed by atoms with Gasteiger partial charge in [-0.3, -0.25) is 0 Å². The highest BCUT2D eigenvalue weighted by molar-refractivity contribution is 5.86. The predicted molar refractivity (Wildman–Crippen MR) is 44.4 cm³/mol. The number of aromatic carboxylic acids is 1. The monoisotopic (exact) mass is 169 g/mol. The van der Waals surface area contributed by atoms with Crippen molar-refractivity contribution in [3.8, 4) is 0 Å². The van der Waals surface area contributed by atoms with Gasteiger partial charge in [-0.15, -0.1) is 0 Å². The lowest BCUT2D eigenvalue weighted by atomic mass is 10.4. The van der Waals surface area contributed by atoms with Crippen molar-refractivity contribution in [3.05, 3.63) is 11.9 Å². The summed E-state index contributed by atoms with van der Waals surface area (Å²) in [6.07, 6.45) is 1.34. The van der Waals surface area contributed by atoms with Gasteiger partial charge in [0.15, 0.2) is 0 Å². The van der Waals surface area contributed by atoms with Crippen molar-refractivity contribution >= 4 is 11.9 Å². The number of rotatable bonds is 3. The van der Waals surface area contributed by atoms with Crippen molar-refractivity contribution in [3.63, 3.8) is 0 Å². The smallest absolute Gasteiger partial charge is 0.354 e. The minimum Gasteiger partial charge on any atom is -0.477 e. The topological polar surface area (TPSA) is 67.2 Å². The van der Waals surface area contributed by atoms with E-state index in [1.807, 2.05) is 6.92 Å². The minimum absolute atomic E-state index is 0.210. The highest BCUT2D eigenvalue weighted by Crippen LogP contribution is 2.09. The summed E-state index contributed by atoms with van der Waals surface area (Å²) in [4.78, 5) is 14.5. The SMILES string of the molecule is CCn1c(C(=O)O)cnc1NC. The van der Waals surface area contributed by atoms with E-state index >= 15 is 0 Å².